The summed E-state index contributed by atoms with van der Waals surface area (Å²) < 4.78 is 25.2. The fraction of sp³-hybridized carbons (Fsp3) is 0.556. The van der Waals surface area contributed by atoms with E-state index in [-0.39, 0.29) is 29.8 Å². The van der Waals surface area contributed by atoms with Crippen molar-refractivity contribution >= 4 is 37.6 Å². The van der Waals surface area contributed by atoms with E-state index in [4.69, 9.17) is 0 Å². The molecule has 0 unspecified atom stereocenters. The molecule has 0 atom stereocenters. The number of carbonyl (C=O) groups excluding carboxylic acids is 2. The second kappa shape index (κ2) is 8.52. The minimum Gasteiger partial charge on any atom is -0.353 e. The van der Waals surface area contributed by atoms with Gasteiger partial charge >= 0.3 is 0 Å². The van der Waals surface area contributed by atoms with E-state index in [9.17, 15) is 18.0 Å². The molecule has 144 valence electrons. The van der Waals surface area contributed by atoms with Crippen LogP contribution in [0.1, 0.15) is 39.5 Å². The Morgan fingerprint density at radius 3 is 2.27 bits per heavy atom. The zero-order valence-electron chi connectivity index (χ0n) is 15.0. The van der Waals surface area contributed by atoms with E-state index in [0.29, 0.717) is 0 Å². The Kier molecular flexibility index (Phi) is 6.85. The Bertz CT molecular complexity index is 754. The molecule has 2 N–H and O–H groups in total. The normalized spacial score (nSPS) is 15.7. The Morgan fingerprint density at radius 1 is 1.12 bits per heavy atom. The van der Waals surface area contributed by atoms with Gasteiger partial charge in [0.15, 0.2) is 9.84 Å². The van der Waals surface area contributed by atoms with E-state index in [0.717, 1.165) is 30.2 Å². The van der Waals surface area contributed by atoms with Crippen molar-refractivity contribution in [1.29, 1.82) is 0 Å². The Labute approximate surface area is 163 Å². The molecule has 0 radical (unpaired) electrons. The van der Waals surface area contributed by atoms with Gasteiger partial charge in [-0.2, -0.15) is 0 Å². The van der Waals surface area contributed by atoms with E-state index in [1.54, 1.807) is 26.0 Å². The molecule has 0 saturated heterocycles. The zero-order chi connectivity index (χ0) is 19.4. The number of hydrogen-bond donors (Lipinski definition) is 2. The van der Waals surface area contributed by atoms with Crippen molar-refractivity contribution in [1.82, 2.24) is 10.6 Å². The number of benzene rings is 1. The highest BCUT2D eigenvalue weighted by atomic mass is 79.9. The van der Waals surface area contributed by atoms with Crippen LogP contribution in [0, 0.1) is 5.92 Å². The standard InChI is InChI=1S/C18H25BrN2O4S/c1-18(2,26(24,25)15-9-7-14(19)8-10-15)12-21-16(22)11-20-17(23)13-5-3-4-6-13/h7-10,13H,3-6,11-12H2,1-2H3,(H,20,23)(H,21,22). The van der Waals surface area contributed by atoms with Gasteiger partial charge in [0, 0.05) is 16.9 Å². The number of carbonyl (C=O) groups is 2. The van der Waals surface area contributed by atoms with Gasteiger partial charge in [-0.1, -0.05) is 28.8 Å². The van der Waals surface area contributed by atoms with Crippen LogP contribution < -0.4 is 10.6 Å². The molecule has 1 aromatic carbocycles. The highest BCUT2D eigenvalue weighted by Gasteiger charge is 2.36. The fourth-order valence-electron chi connectivity index (χ4n) is 2.90. The minimum atomic E-state index is -3.62. The van der Waals surface area contributed by atoms with Crippen molar-refractivity contribution in [2.75, 3.05) is 13.1 Å². The van der Waals surface area contributed by atoms with Gasteiger partial charge < -0.3 is 10.6 Å². The zero-order valence-corrected chi connectivity index (χ0v) is 17.5. The molecular weight excluding hydrogens is 420 g/mol. The van der Waals surface area contributed by atoms with Gasteiger partial charge in [-0.15, -0.1) is 0 Å². The summed E-state index contributed by atoms with van der Waals surface area (Å²) >= 11 is 3.28. The van der Waals surface area contributed by atoms with Gasteiger partial charge in [0.25, 0.3) is 0 Å². The minimum absolute atomic E-state index is 0.00276. The first-order valence-electron chi connectivity index (χ1n) is 8.68. The third-order valence-corrected chi connectivity index (χ3v) is 7.73. The first kappa shape index (κ1) is 20.9. The second-order valence-corrected chi connectivity index (χ2v) is 10.7. The second-order valence-electron chi connectivity index (χ2n) is 7.19. The van der Waals surface area contributed by atoms with E-state index in [1.165, 1.54) is 12.1 Å². The van der Waals surface area contributed by atoms with Gasteiger partial charge in [-0.25, -0.2) is 8.42 Å². The number of nitrogens with one attached hydrogen (secondary N) is 2. The first-order valence-corrected chi connectivity index (χ1v) is 11.0. The quantitative estimate of drug-likeness (QED) is 0.675. The number of sulfone groups is 1. The predicted octanol–water partition coefficient (Wildman–Crippen LogP) is 2.42. The summed E-state index contributed by atoms with van der Waals surface area (Å²) in [5, 5.41) is 5.25. The summed E-state index contributed by atoms with van der Waals surface area (Å²) in [6, 6.07) is 6.40. The van der Waals surface area contributed by atoms with Crippen LogP contribution in [0.5, 0.6) is 0 Å². The lowest BCUT2D eigenvalue weighted by atomic mass is 10.1. The molecule has 0 spiro atoms. The van der Waals surface area contributed by atoms with Crippen molar-refractivity contribution in [2.45, 2.75) is 49.2 Å². The molecule has 0 aliphatic heterocycles. The first-order chi connectivity index (χ1) is 12.1. The highest BCUT2D eigenvalue weighted by molar-refractivity contribution is 9.10. The summed E-state index contributed by atoms with van der Waals surface area (Å²) in [6.45, 7) is 2.97. The lowest BCUT2D eigenvalue weighted by Crippen LogP contribution is -2.47. The topological polar surface area (TPSA) is 92.3 Å². The Morgan fingerprint density at radius 2 is 1.69 bits per heavy atom. The Hall–Kier alpha value is -1.41. The molecule has 26 heavy (non-hydrogen) atoms. The molecule has 0 bridgehead atoms. The summed E-state index contributed by atoms with van der Waals surface area (Å²) in [5.74, 6) is -0.494. The van der Waals surface area contributed by atoms with Crippen LogP contribution >= 0.6 is 15.9 Å². The van der Waals surface area contributed by atoms with Gasteiger partial charge in [0.2, 0.25) is 11.8 Å². The van der Waals surface area contributed by atoms with Crippen LogP contribution in [0.2, 0.25) is 0 Å². The maximum absolute atomic E-state index is 12.8. The van der Waals surface area contributed by atoms with Crippen LogP contribution in [0.25, 0.3) is 0 Å². The summed E-state index contributed by atoms with van der Waals surface area (Å²) in [6.07, 6.45) is 3.83. The average molecular weight is 445 g/mol. The molecule has 1 fully saturated rings. The molecule has 2 rings (SSSR count). The molecule has 2 amide bonds. The fourth-order valence-corrected chi connectivity index (χ4v) is 4.56. The van der Waals surface area contributed by atoms with Crippen LogP contribution in [0.3, 0.4) is 0 Å². The summed E-state index contributed by atoms with van der Waals surface area (Å²) in [4.78, 5) is 24.1. The summed E-state index contributed by atoms with van der Waals surface area (Å²) in [5.41, 5.74) is 0. The molecule has 1 aromatic rings. The third kappa shape index (κ3) is 5.07. The molecular formula is C18H25BrN2O4S. The van der Waals surface area contributed by atoms with E-state index in [2.05, 4.69) is 26.6 Å². The van der Waals surface area contributed by atoms with Crippen LogP contribution in [0.4, 0.5) is 0 Å². The smallest absolute Gasteiger partial charge is 0.239 e. The predicted molar refractivity (Wildman–Crippen MR) is 103 cm³/mol. The van der Waals surface area contributed by atoms with Crippen molar-refractivity contribution in [2.24, 2.45) is 5.92 Å². The maximum Gasteiger partial charge on any atom is 0.239 e. The summed E-state index contributed by atoms with van der Waals surface area (Å²) in [7, 11) is -3.62. The Balaban J connectivity index is 1.88. The van der Waals surface area contributed by atoms with Crippen molar-refractivity contribution in [3.8, 4) is 0 Å². The SMILES string of the molecule is CC(C)(CNC(=O)CNC(=O)C1CCCC1)S(=O)(=O)c1ccc(Br)cc1. The number of hydrogen-bond acceptors (Lipinski definition) is 4. The van der Waals surface area contributed by atoms with Gasteiger partial charge in [-0.3, -0.25) is 9.59 Å². The van der Waals surface area contributed by atoms with Crippen LogP contribution in [0.15, 0.2) is 33.6 Å². The maximum atomic E-state index is 12.8. The monoisotopic (exact) mass is 444 g/mol. The molecule has 1 saturated carbocycles. The largest absolute Gasteiger partial charge is 0.353 e. The number of halogens is 1. The lowest BCUT2D eigenvalue weighted by Gasteiger charge is -2.25. The van der Waals surface area contributed by atoms with Crippen LogP contribution in [-0.4, -0.2) is 38.1 Å². The lowest BCUT2D eigenvalue weighted by molar-refractivity contribution is -0.128. The van der Waals surface area contributed by atoms with E-state index >= 15 is 0 Å². The van der Waals surface area contributed by atoms with E-state index in [1.807, 2.05) is 0 Å². The van der Waals surface area contributed by atoms with Crippen molar-refractivity contribution < 1.29 is 18.0 Å². The molecule has 0 aromatic heterocycles. The molecule has 8 heteroatoms. The number of amides is 2. The van der Waals surface area contributed by atoms with Gasteiger partial charge in [-0.05, 0) is 51.0 Å². The van der Waals surface area contributed by atoms with E-state index < -0.39 is 20.5 Å². The molecule has 6 nitrogen and oxygen atoms in total. The average Bonchev–Trinajstić information content (AvgIpc) is 3.13. The van der Waals surface area contributed by atoms with Gasteiger partial charge in [0.1, 0.15) is 0 Å². The van der Waals surface area contributed by atoms with Crippen LogP contribution in [-0.2, 0) is 19.4 Å². The molecule has 0 heterocycles. The number of rotatable bonds is 7. The third-order valence-electron chi connectivity index (χ3n) is 4.71. The van der Waals surface area contributed by atoms with Crippen molar-refractivity contribution in [3.63, 3.8) is 0 Å². The van der Waals surface area contributed by atoms with Gasteiger partial charge in [0.05, 0.1) is 16.2 Å². The van der Waals surface area contributed by atoms with Crippen molar-refractivity contribution in [3.05, 3.63) is 28.7 Å². The molecule has 1 aliphatic rings. The molecule has 1 aliphatic carbocycles. The highest BCUT2D eigenvalue weighted by Crippen LogP contribution is 2.26.